The SMILES string of the molecule is CC1(C)c2cc(-c3ccccc3)ccc2-c2ccc(-c3ccc4c(c3)C(C)(C)c3cc(-c5ccc6c(c5)C(C)(C)c5cc(-c7cccc(-c8ccc9c(ccc%10ccccc%109)c8)c7)ccc5-6)ccc3-4)cc21. The second-order valence-corrected chi connectivity index (χ2v) is 22.1. The zero-order valence-electron chi connectivity index (χ0n) is 41.3. The standard InChI is InChI=1S/C71H54/c1-69(2)63-37-48(43-13-8-7-9-14-43)22-29-57(63)59-31-24-50(39-65(59)69)52-26-33-61-62-34-27-53(42-68(62)71(5,6)67(61)41-52)51-25-32-60-58-30-23-49(38-64(58)70(3,4)66(60)40-51)46-17-12-16-45(35-46)47-21-28-56-54(36-47)20-19-44-15-10-11-18-55(44)56/h7-42H,1-6H3. The zero-order chi connectivity index (χ0) is 48.0. The number of hydrogen-bond donors (Lipinski definition) is 0. The quantitative estimate of drug-likeness (QED) is 0.151. The highest BCUT2D eigenvalue weighted by Crippen LogP contribution is 2.55. The fourth-order valence-corrected chi connectivity index (χ4v) is 13.0. The summed E-state index contributed by atoms with van der Waals surface area (Å²) in [6.45, 7) is 14.4. The molecule has 338 valence electrons. The summed E-state index contributed by atoms with van der Waals surface area (Å²) in [4.78, 5) is 0. The van der Waals surface area contributed by atoms with Gasteiger partial charge in [-0.15, -0.1) is 0 Å². The first-order chi connectivity index (χ1) is 34.4. The first-order valence-corrected chi connectivity index (χ1v) is 25.4. The van der Waals surface area contributed by atoms with E-state index in [2.05, 4.69) is 260 Å². The molecule has 3 aliphatic rings. The van der Waals surface area contributed by atoms with Gasteiger partial charge in [-0.3, -0.25) is 0 Å². The molecule has 0 bridgehead atoms. The van der Waals surface area contributed by atoms with Crippen molar-refractivity contribution in [3.63, 3.8) is 0 Å². The molecule has 0 radical (unpaired) electrons. The van der Waals surface area contributed by atoms with Gasteiger partial charge >= 0.3 is 0 Å². The van der Waals surface area contributed by atoms with Gasteiger partial charge < -0.3 is 0 Å². The summed E-state index contributed by atoms with van der Waals surface area (Å²) in [5.41, 5.74) is 28.7. The van der Waals surface area contributed by atoms with E-state index in [-0.39, 0.29) is 16.2 Å². The van der Waals surface area contributed by atoms with Crippen molar-refractivity contribution < 1.29 is 0 Å². The van der Waals surface area contributed by atoms with E-state index < -0.39 is 0 Å². The van der Waals surface area contributed by atoms with Crippen molar-refractivity contribution in [2.45, 2.75) is 57.8 Å². The third kappa shape index (κ3) is 6.23. The van der Waals surface area contributed by atoms with Gasteiger partial charge in [0.1, 0.15) is 0 Å². The van der Waals surface area contributed by atoms with Crippen molar-refractivity contribution in [3.8, 4) is 89.0 Å². The first kappa shape index (κ1) is 41.9. The molecule has 3 aliphatic carbocycles. The summed E-state index contributed by atoms with van der Waals surface area (Å²) in [5, 5.41) is 5.15. The summed E-state index contributed by atoms with van der Waals surface area (Å²) in [6.07, 6.45) is 0. The maximum absolute atomic E-state index is 2.48. The lowest BCUT2D eigenvalue weighted by Crippen LogP contribution is -2.16. The summed E-state index contributed by atoms with van der Waals surface area (Å²) in [5.74, 6) is 0. The molecular formula is C71H54. The summed E-state index contributed by atoms with van der Waals surface area (Å²) < 4.78 is 0. The molecule has 0 nitrogen and oxygen atoms in total. The Morgan fingerprint density at radius 2 is 0.493 bits per heavy atom. The molecule has 11 aromatic rings. The molecule has 0 N–H and O–H groups in total. The van der Waals surface area contributed by atoms with Crippen LogP contribution in [-0.4, -0.2) is 0 Å². The lowest BCUT2D eigenvalue weighted by atomic mass is 9.79. The van der Waals surface area contributed by atoms with Crippen LogP contribution >= 0.6 is 0 Å². The van der Waals surface area contributed by atoms with Crippen molar-refractivity contribution in [3.05, 3.63) is 252 Å². The number of benzene rings is 11. The Kier molecular flexibility index (Phi) is 8.83. The smallest absolute Gasteiger partial charge is 0.0159 e. The molecule has 0 spiro atoms. The zero-order valence-corrected chi connectivity index (χ0v) is 41.3. The minimum Gasteiger partial charge on any atom is -0.0622 e. The minimum atomic E-state index is -0.154. The van der Waals surface area contributed by atoms with Crippen LogP contribution in [0.15, 0.2) is 218 Å². The topological polar surface area (TPSA) is 0 Å². The van der Waals surface area contributed by atoms with E-state index in [1.165, 1.54) is 144 Å². The van der Waals surface area contributed by atoms with E-state index in [9.17, 15) is 0 Å². The van der Waals surface area contributed by atoms with E-state index in [4.69, 9.17) is 0 Å². The number of hydrogen-bond acceptors (Lipinski definition) is 0. The molecule has 0 amide bonds. The fourth-order valence-electron chi connectivity index (χ4n) is 13.0. The summed E-state index contributed by atoms with van der Waals surface area (Å²) >= 11 is 0. The van der Waals surface area contributed by atoms with Gasteiger partial charge in [0, 0.05) is 16.2 Å². The average Bonchev–Trinajstić information content (AvgIpc) is 3.89. The first-order valence-electron chi connectivity index (χ1n) is 25.4. The van der Waals surface area contributed by atoms with Crippen LogP contribution in [0.2, 0.25) is 0 Å². The van der Waals surface area contributed by atoms with Gasteiger partial charge in [-0.2, -0.15) is 0 Å². The van der Waals surface area contributed by atoms with Crippen LogP contribution < -0.4 is 0 Å². The molecule has 0 saturated carbocycles. The van der Waals surface area contributed by atoms with Gasteiger partial charge in [0.05, 0.1) is 0 Å². The molecule has 0 heterocycles. The van der Waals surface area contributed by atoms with Gasteiger partial charge in [-0.1, -0.05) is 211 Å². The second-order valence-electron chi connectivity index (χ2n) is 22.1. The molecule has 0 aromatic heterocycles. The highest BCUT2D eigenvalue weighted by molar-refractivity contribution is 6.08. The normalized spacial score (nSPS) is 15.0. The molecule has 0 atom stereocenters. The Morgan fingerprint density at radius 1 is 0.197 bits per heavy atom. The molecule has 14 rings (SSSR count). The Labute approximate surface area is 418 Å². The predicted octanol–water partition coefficient (Wildman–Crippen LogP) is 19.2. The van der Waals surface area contributed by atoms with Crippen molar-refractivity contribution in [2.75, 3.05) is 0 Å². The summed E-state index contributed by atoms with van der Waals surface area (Å²) in [7, 11) is 0. The Morgan fingerprint density at radius 3 is 0.915 bits per heavy atom. The van der Waals surface area contributed by atoms with Crippen LogP contribution in [0.4, 0.5) is 0 Å². The van der Waals surface area contributed by atoms with Crippen molar-refractivity contribution in [1.29, 1.82) is 0 Å². The van der Waals surface area contributed by atoms with Gasteiger partial charge in [0.25, 0.3) is 0 Å². The lowest BCUT2D eigenvalue weighted by Gasteiger charge is -2.24. The third-order valence-corrected chi connectivity index (χ3v) is 17.1. The molecular weight excluding hydrogens is 853 g/mol. The van der Waals surface area contributed by atoms with Gasteiger partial charge in [0.2, 0.25) is 0 Å². The monoisotopic (exact) mass is 906 g/mol. The predicted molar refractivity (Wildman–Crippen MR) is 301 cm³/mol. The van der Waals surface area contributed by atoms with Crippen molar-refractivity contribution in [1.82, 2.24) is 0 Å². The largest absolute Gasteiger partial charge is 0.0622 e. The maximum Gasteiger partial charge on any atom is 0.0159 e. The van der Waals surface area contributed by atoms with Crippen LogP contribution in [0.3, 0.4) is 0 Å². The van der Waals surface area contributed by atoms with Crippen molar-refractivity contribution >= 4 is 21.5 Å². The van der Waals surface area contributed by atoms with Crippen LogP contribution in [0.5, 0.6) is 0 Å². The van der Waals surface area contributed by atoms with E-state index in [1.807, 2.05) is 0 Å². The highest BCUT2D eigenvalue weighted by Gasteiger charge is 2.39. The molecule has 11 aromatic carbocycles. The Balaban J connectivity index is 0.746. The fraction of sp³-hybridized carbons (Fsp3) is 0.127. The molecule has 0 heteroatoms. The van der Waals surface area contributed by atoms with E-state index in [0.29, 0.717) is 0 Å². The second kappa shape index (κ2) is 15.0. The molecule has 0 aliphatic heterocycles. The molecule has 0 fully saturated rings. The third-order valence-electron chi connectivity index (χ3n) is 17.1. The van der Waals surface area contributed by atoms with Crippen molar-refractivity contribution in [2.24, 2.45) is 0 Å². The number of rotatable bonds is 5. The van der Waals surface area contributed by atoms with E-state index >= 15 is 0 Å². The minimum absolute atomic E-state index is 0.101. The average molecular weight is 907 g/mol. The summed E-state index contributed by atoms with van der Waals surface area (Å²) in [6, 6.07) is 82.8. The van der Waals surface area contributed by atoms with Crippen LogP contribution in [0.1, 0.15) is 74.9 Å². The molecule has 0 saturated heterocycles. The Hall–Kier alpha value is -8.06. The van der Waals surface area contributed by atoms with Gasteiger partial charge in [0.15, 0.2) is 0 Å². The van der Waals surface area contributed by atoms with Crippen LogP contribution in [-0.2, 0) is 16.2 Å². The van der Waals surface area contributed by atoms with E-state index in [0.717, 1.165) is 0 Å². The van der Waals surface area contributed by atoms with Gasteiger partial charge in [-0.05, 0) is 192 Å². The molecule has 0 unspecified atom stereocenters. The lowest BCUT2D eigenvalue weighted by molar-refractivity contribution is 0.659. The van der Waals surface area contributed by atoms with Crippen LogP contribution in [0.25, 0.3) is 111 Å². The number of fused-ring (bicyclic) bond motifs is 12. The van der Waals surface area contributed by atoms with E-state index in [1.54, 1.807) is 0 Å². The maximum atomic E-state index is 2.48. The highest BCUT2D eigenvalue weighted by atomic mass is 14.4. The Bertz CT molecular complexity index is 4060. The van der Waals surface area contributed by atoms with Gasteiger partial charge in [-0.25, -0.2) is 0 Å². The van der Waals surface area contributed by atoms with Crippen LogP contribution in [0, 0.1) is 0 Å². The molecule has 71 heavy (non-hydrogen) atoms.